The van der Waals surface area contributed by atoms with Crippen molar-refractivity contribution in [1.82, 2.24) is 0 Å². The van der Waals surface area contributed by atoms with E-state index in [0.29, 0.717) is 32.1 Å². The molecule has 2 heterocycles. The molecule has 2 unspecified atom stereocenters. The summed E-state index contributed by atoms with van der Waals surface area (Å²) in [6.45, 7) is 15.8. The molecule has 9 nitrogen and oxygen atoms in total. The zero-order chi connectivity index (χ0) is 31.6. The van der Waals surface area contributed by atoms with Gasteiger partial charge in [-0.2, -0.15) is 0 Å². The molecule has 0 aromatic rings. The van der Waals surface area contributed by atoms with Crippen molar-refractivity contribution in [1.29, 1.82) is 0 Å². The first-order chi connectivity index (χ1) is 19.3. The van der Waals surface area contributed by atoms with Crippen molar-refractivity contribution in [3.8, 4) is 0 Å². The third-order valence-electron chi connectivity index (χ3n) is 10.7. The number of esters is 1. The van der Waals surface area contributed by atoms with Gasteiger partial charge < -0.3 is 29.5 Å². The number of hydrogen-bond acceptors (Lipinski definition) is 9. The minimum Gasteiger partial charge on any atom is -0.487 e. The smallest absolute Gasteiger partial charge is 0.302 e. The zero-order valence-corrected chi connectivity index (χ0v) is 26.7. The van der Waals surface area contributed by atoms with Gasteiger partial charge in [0.15, 0.2) is 11.4 Å². The minimum atomic E-state index is -2.00. The average Bonchev–Trinajstić information content (AvgIpc) is 2.86. The SMILES string of the molecule is CC[C@H](C)C(OC(C)=O)[C@@H](C)C1=CC(=O)C2=C(O[C@]3(C)CC[C@H]4O[C@@H](C(C)(C)O)CC[C@]4(C)[C@H]3[C@@H]2O)C1(O)CC(C)=O. The van der Waals surface area contributed by atoms with Gasteiger partial charge in [-0.15, -0.1) is 0 Å². The molecule has 0 bridgehead atoms. The van der Waals surface area contributed by atoms with Gasteiger partial charge in [0.25, 0.3) is 0 Å². The van der Waals surface area contributed by atoms with E-state index in [1.54, 1.807) is 20.8 Å². The molecule has 0 aromatic carbocycles. The van der Waals surface area contributed by atoms with E-state index in [2.05, 4.69) is 0 Å². The monoisotopic (exact) mass is 590 g/mol. The van der Waals surface area contributed by atoms with Gasteiger partial charge in [0.2, 0.25) is 0 Å². The number of Topliss-reactive ketones (excluding diaryl/α,β-unsaturated/α-hetero) is 1. The standard InChI is InChI=1S/C33H50O9/c1-10-17(2)27(40-20(5)35)19(4)21-15-22(36)25-26(37)28-31(8)13-11-23(30(6,7)38)41-24(31)12-14-32(28,9)42-29(25)33(21,39)16-18(3)34/h15,17,19,23-24,26-28,37-39H,10-14,16H2,1-9H3/t17-,19-,23+,24+,26+,27?,28+,31-,32+,33?/m0/s1. The predicted octanol–water partition coefficient (Wildman–Crippen LogP) is 3.96. The van der Waals surface area contributed by atoms with Crippen molar-refractivity contribution in [2.75, 3.05) is 0 Å². The van der Waals surface area contributed by atoms with Gasteiger partial charge in [-0.1, -0.05) is 34.1 Å². The second-order valence-electron chi connectivity index (χ2n) is 14.4. The highest BCUT2D eigenvalue weighted by atomic mass is 16.5. The molecule has 2 fully saturated rings. The number of allylic oxidation sites excluding steroid dienone is 1. The van der Waals surface area contributed by atoms with E-state index in [-0.39, 0.29) is 47.2 Å². The molecule has 0 amide bonds. The third-order valence-corrected chi connectivity index (χ3v) is 10.7. The van der Waals surface area contributed by atoms with Crippen LogP contribution >= 0.6 is 0 Å². The van der Waals surface area contributed by atoms with Crippen LogP contribution in [0.3, 0.4) is 0 Å². The Labute approximate surface area is 249 Å². The summed E-state index contributed by atoms with van der Waals surface area (Å²) in [6.07, 6.45) is 1.42. The lowest BCUT2D eigenvalue weighted by Gasteiger charge is -2.62. The molecule has 4 aliphatic rings. The fraction of sp³-hybridized carbons (Fsp3) is 0.788. The van der Waals surface area contributed by atoms with Gasteiger partial charge in [-0.25, -0.2) is 0 Å². The fourth-order valence-corrected chi connectivity index (χ4v) is 8.36. The first-order valence-corrected chi connectivity index (χ1v) is 15.4. The summed E-state index contributed by atoms with van der Waals surface area (Å²) in [6, 6.07) is 0. The van der Waals surface area contributed by atoms with Crippen LogP contribution in [-0.2, 0) is 28.6 Å². The zero-order valence-electron chi connectivity index (χ0n) is 26.7. The largest absolute Gasteiger partial charge is 0.487 e. The number of aliphatic hydroxyl groups is 3. The van der Waals surface area contributed by atoms with E-state index >= 15 is 0 Å². The quantitative estimate of drug-likeness (QED) is 0.359. The molecule has 1 saturated heterocycles. The van der Waals surface area contributed by atoms with Gasteiger partial charge in [0.1, 0.15) is 23.2 Å². The van der Waals surface area contributed by atoms with Crippen molar-refractivity contribution >= 4 is 17.5 Å². The molecule has 4 rings (SSSR count). The van der Waals surface area contributed by atoms with Crippen LogP contribution in [0.4, 0.5) is 0 Å². The van der Waals surface area contributed by atoms with Crippen molar-refractivity contribution in [3.05, 3.63) is 23.0 Å². The maximum Gasteiger partial charge on any atom is 0.302 e. The van der Waals surface area contributed by atoms with Crippen LogP contribution in [0.5, 0.6) is 0 Å². The molecule has 9 heteroatoms. The van der Waals surface area contributed by atoms with Gasteiger partial charge >= 0.3 is 5.97 Å². The molecule has 0 spiro atoms. The van der Waals surface area contributed by atoms with Crippen LogP contribution in [0.25, 0.3) is 0 Å². The third kappa shape index (κ3) is 5.39. The lowest BCUT2D eigenvalue weighted by Crippen LogP contribution is -2.67. The Morgan fingerprint density at radius 2 is 1.81 bits per heavy atom. The lowest BCUT2D eigenvalue weighted by molar-refractivity contribution is -0.265. The molecule has 2 aliphatic carbocycles. The Morgan fingerprint density at radius 1 is 1.17 bits per heavy atom. The van der Waals surface area contributed by atoms with Crippen LogP contribution in [0.2, 0.25) is 0 Å². The number of carbonyl (C=O) groups is 3. The Bertz CT molecular complexity index is 1180. The van der Waals surface area contributed by atoms with E-state index in [0.717, 1.165) is 0 Å². The Morgan fingerprint density at radius 3 is 2.36 bits per heavy atom. The van der Waals surface area contributed by atoms with Crippen LogP contribution in [0, 0.1) is 23.2 Å². The van der Waals surface area contributed by atoms with Crippen molar-refractivity contribution in [2.24, 2.45) is 23.2 Å². The van der Waals surface area contributed by atoms with Gasteiger partial charge in [-0.05, 0) is 70.9 Å². The fourth-order valence-electron chi connectivity index (χ4n) is 8.36. The van der Waals surface area contributed by atoms with Crippen molar-refractivity contribution in [3.63, 3.8) is 0 Å². The molecular weight excluding hydrogens is 540 g/mol. The number of ether oxygens (including phenoxy) is 3. The second kappa shape index (κ2) is 11.1. The molecule has 0 radical (unpaired) electrons. The number of hydrogen-bond donors (Lipinski definition) is 3. The average molecular weight is 591 g/mol. The number of rotatable bonds is 8. The van der Waals surface area contributed by atoms with E-state index in [1.165, 1.54) is 19.9 Å². The predicted molar refractivity (Wildman–Crippen MR) is 155 cm³/mol. The van der Waals surface area contributed by atoms with Gasteiger partial charge in [-0.3, -0.25) is 14.4 Å². The van der Waals surface area contributed by atoms with Crippen molar-refractivity contribution < 1.29 is 43.9 Å². The van der Waals surface area contributed by atoms with E-state index in [9.17, 15) is 29.7 Å². The molecule has 42 heavy (non-hydrogen) atoms. The minimum absolute atomic E-state index is 0.0313. The Hall–Kier alpha value is -2.07. The topological polar surface area (TPSA) is 140 Å². The molecule has 3 N–H and O–H groups in total. The molecule has 2 aliphatic heterocycles. The maximum atomic E-state index is 13.9. The number of aliphatic hydroxyl groups excluding tert-OH is 1. The highest BCUT2D eigenvalue weighted by Crippen LogP contribution is 2.61. The van der Waals surface area contributed by atoms with Crippen LogP contribution in [-0.4, -0.2) is 74.1 Å². The number of fused-ring (bicyclic) bond motifs is 3. The lowest BCUT2D eigenvalue weighted by atomic mass is 9.52. The maximum absolute atomic E-state index is 13.9. The summed E-state index contributed by atoms with van der Waals surface area (Å²) >= 11 is 0. The van der Waals surface area contributed by atoms with Crippen LogP contribution in [0.1, 0.15) is 101 Å². The Kier molecular flexibility index (Phi) is 8.70. The number of ketones is 2. The summed E-state index contributed by atoms with van der Waals surface area (Å²) in [5.74, 6) is -2.59. The normalized spacial score (nSPS) is 38.7. The summed E-state index contributed by atoms with van der Waals surface area (Å²) in [5, 5.41) is 35.1. The van der Waals surface area contributed by atoms with Gasteiger partial charge in [0.05, 0.1) is 29.5 Å². The first-order valence-electron chi connectivity index (χ1n) is 15.4. The van der Waals surface area contributed by atoms with Crippen LogP contribution in [0.15, 0.2) is 23.0 Å². The second-order valence-corrected chi connectivity index (χ2v) is 14.4. The molecule has 236 valence electrons. The van der Waals surface area contributed by atoms with E-state index in [1.807, 2.05) is 27.7 Å². The van der Waals surface area contributed by atoms with E-state index < -0.39 is 58.0 Å². The summed E-state index contributed by atoms with van der Waals surface area (Å²) in [5.41, 5.74) is -4.33. The summed E-state index contributed by atoms with van der Waals surface area (Å²) in [4.78, 5) is 38.6. The number of carbonyl (C=O) groups excluding carboxylic acids is 3. The Balaban J connectivity index is 1.80. The van der Waals surface area contributed by atoms with E-state index in [4.69, 9.17) is 14.2 Å². The summed E-state index contributed by atoms with van der Waals surface area (Å²) in [7, 11) is 0. The first kappa shape index (κ1) is 32.8. The molecular formula is C33H50O9. The van der Waals surface area contributed by atoms with Gasteiger partial charge in [0, 0.05) is 30.6 Å². The summed E-state index contributed by atoms with van der Waals surface area (Å²) < 4.78 is 18.8. The molecule has 10 atom stereocenters. The van der Waals surface area contributed by atoms with Crippen molar-refractivity contribution in [2.45, 2.75) is 142 Å². The molecule has 0 aromatic heterocycles. The molecule has 1 saturated carbocycles. The highest BCUT2D eigenvalue weighted by molar-refractivity contribution is 6.08. The highest BCUT2D eigenvalue weighted by Gasteiger charge is 2.66. The van der Waals surface area contributed by atoms with Crippen LogP contribution < -0.4 is 0 Å².